The lowest BCUT2D eigenvalue weighted by Crippen LogP contribution is -2.53. The molecule has 0 aliphatic rings. The highest BCUT2D eigenvalue weighted by molar-refractivity contribution is 5.76. The number of carbonyl (C=O) groups excluding carboxylic acids is 2. The maximum Gasteiger partial charge on any atom is 0.323 e. The van der Waals surface area contributed by atoms with E-state index in [4.69, 9.17) is 9.47 Å². The van der Waals surface area contributed by atoms with Crippen LogP contribution in [0.1, 0.15) is 82.6 Å². The van der Waals surface area contributed by atoms with E-state index in [-0.39, 0.29) is 24.0 Å². The van der Waals surface area contributed by atoms with Gasteiger partial charge in [0.05, 0.1) is 6.54 Å². The molecule has 7 heteroatoms. The van der Waals surface area contributed by atoms with Crippen LogP contribution in [0.5, 0.6) is 0 Å². The van der Waals surface area contributed by atoms with Crippen LogP contribution in [0.4, 0.5) is 0 Å². The van der Waals surface area contributed by atoms with Crippen molar-refractivity contribution in [2.45, 2.75) is 111 Å². The van der Waals surface area contributed by atoms with Gasteiger partial charge in [-0.2, -0.15) is 0 Å². The molecule has 0 heterocycles. The number of rotatable bonds is 10. The minimum Gasteiger partial charge on any atom is -0.459 e. The Morgan fingerprint density at radius 3 is 1.75 bits per heavy atom. The van der Waals surface area contributed by atoms with E-state index < -0.39 is 28.9 Å². The number of hydrogen-bond acceptors (Lipinski definition) is 7. The molecule has 1 unspecified atom stereocenters. The number of nitrogens with one attached hydrogen (secondary N) is 2. The van der Waals surface area contributed by atoms with E-state index in [1.54, 1.807) is 27.7 Å². The molecule has 1 atom stereocenters. The smallest absolute Gasteiger partial charge is 0.323 e. The van der Waals surface area contributed by atoms with Crippen LogP contribution in [0.25, 0.3) is 0 Å². The molecule has 0 aliphatic heterocycles. The lowest BCUT2D eigenvalue weighted by Gasteiger charge is -2.37. The van der Waals surface area contributed by atoms with Crippen molar-refractivity contribution in [2.24, 2.45) is 5.92 Å². The van der Waals surface area contributed by atoms with Crippen molar-refractivity contribution in [3.8, 4) is 0 Å². The zero-order valence-corrected chi connectivity index (χ0v) is 19.6. The topological polar surface area (TPSA) is 96.9 Å². The van der Waals surface area contributed by atoms with E-state index in [1.165, 1.54) is 0 Å². The predicted molar refractivity (Wildman–Crippen MR) is 111 cm³/mol. The maximum atomic E-state index is 12.8. The van der Waals surface area contributed by atoms with Crippen molar-refractivity contribution in [3.05, 3.63) is 0 Å². The SMILES string of the molecule is CC(C)C(NC(C)(C)C)C(=O)OC(C)(C)CC(C)(C)OC(=O)CNC(C)(C)O. The van der Waals surface area contributed by atoms with Gasteiger partial charge in [-0.25, -0.2) is 0 Å². The monoisotopic (exact) mass is 402 g/mol. The summed E-state index contributed by atoms with van der Waals surface area (Å²) in [5.41, 5.74) is -3.05. The first kappa shape index (κ1) is 26.8. The van der Waals surface area contributed by atoms with Crippen LogP contribution in [0.2, 0.25) is 0 Å². The van der Waals surface area contributed by atoms with Crippen molar-refractivity contribution in [1.82, 2.24) is 10.6 Å². The van der Waals surface area contributed by atoms with Gasteiger partial charge in [-0.1, -0.05) is 13.8 Å². The van der Waals surface area contributed by atoms with Crippen LogP contribution in [0.3, 0.4) is 0 Å². The van der Waals surface area contributed by atoms with Gasteiger partial charge in [0.1, 0.15) is 23.0 Å². The molecule has 0 aliphatic carbocycles. The number of hydrogen-bond donors (Lipinski definition) is 3. The molecular formula is C21H42N2O5. The van der Waals surface area contributed by atoms with Crippen LogP contribution in [-0.2, 0) is 19.1 Å². The third-order valence-electron chi connectivity index (χ3n) is 3.79. The first-order valence-electron chi connectivity index (χ1n) is 9.93. The molecule has 0 fully saturated rings. The maximum absolute atomic E-state index is 12.8. The number of aliphatic hydroxyl groups is 1. The highest BCUT2D eigenvalue weighted by Gasteiger charge is 2.37. The summed E-state index contributed by atoms with van der Waals surface area (Å²) in [4.78, 5) is 24.8. The average molecular weight is 403 g/mol. The highest BCUT2D eigenvalue weighted by Crippen LogP contribution is 2.27. The second kappa shape index (κ2) is 9.55. The van der Waals surface area contributed by atoms with Crippen molar-refractivity contribution in [3.63, 3.8) is 0 Å². The van der Waals surface area contributed by atoms with Crippen LogP contribution in [0.15, 0.2) is 0 Å². The largest absolute Gasteiger partial charge is 0.459 e. The summed E-state index contributed by atoms with van der Waals surface area (Å²) in [5.74, 6) is -0.731. The van der Waals surface area contributed by atoms with Gasteiger partial charge in [-0.15, -0.1) is 0 Å². The lowest BCUT2D eigenvalue weighted by atomic mass is 9.91. The highest BCUT2D eigenvalue weighted by atomic mass is 16.6. The Kier molecular flexibility index (Phi) is 9.14. The molecule has 166 valence electrons. The van der Waals surface area contributed by atoms with Gasteiger partial charge in [0.2, 0.25) is 0 Å². The van der Waals surface area contributed by atoms with Crippen LogP contribution < -0.4 is 10.6 Å². The molecule has 0 saturated heterocycles. The fourth-order valence-electron chi connectivity index (χ4n) is 3.03. The molecule has 0 aromatic rings. The Morgan fingerprint density at radius 1 is 0.893 bits per heavy atom. The van der Waals surface area contributed by atoms with Gasteiger partial charge < -0.3 is 14.6 Å². The Balaban J connectivity index is 4.95. The molecule has 0 rings (SSSR count). The second-order valence-corrected chi connectivity index (χ2v) is 10.6. The molecule has 0 radical (unpaired) electrons. The summed E-state index contributed by atoms with van der Waals surface area (Å²) in [6.45, 7) is 20.1. The molecule has 0 aromatic carbocycles. The van der Waals surface area contributed by atoms with E-state index in [0.717, 1.165) is 0 Å². The van der Waals surface area contributed by atoms with E-state index >= 15 is 0 Å². The first-order chi connectivity index (χ1) is 12.2. The third-order valence-corrected chi connectivity index (χ3v) is 3.79. The van der Waals surface area contributed by atoms with Gasteiger partial charge in [0, 0.05) is 12.0 Å². The zero-order chi connectivity index (χ0) is 22.6. The molecule has 0 amide bonds. The molecule has 0 bridgehead atoms. The lowest BCUT2D eigenvalue weighted by molar-refractivity contribution is -0.172. The summed E-state index contributed by atoms with van der Waals surface area (Å²) in [5, 5.41) is 15.6. The van der Waals surface area contributed by atoms with Crippen molar-refractivity contribution in [2.75, 3.05) is 6.54 Å². The average Bonchev–Trinajstić information content (AvgIpc) is 2.37. The third kappa shape index (κ3) is 12.3. The van der Waals surface area contributed by atoms with Crippen LogP contribution in [-0.4, -0.2) is 52.1 Å². The van der Waals surface area contributed by atoms with Gasteiger partial charge in [-0.05, 0) is 68.2 Å². The molecule has 28 heavy (non-hydrogen) atoms. The zero-order valence-electron chi connectivity index (χ0n) is 19.6. The standard InChI is InChI=1S/C21H42N2O5/c1-14(2)16(23-18(3,4)5)17(25)28-20(8,9)13-19(6,7)27-15(24)12-22-21(10,11)26/h14,16,22-23,26H,12-13H2,1-11H3. The van der Waals surface area contributed by atoms with Gasteiger partial charge in [0.25, 0.3) is 0 Å². The van der Waals surface area contributed by atoms with Gasteiger partial charge >= 0.3 is 11.9 Å². The molecule has 0 saturated carbocycles. The van der Waals surface area contributed by atoms with Gasteiger partial charge in [0.15, 0.2) is 0 Å². The Bertz CT molecular complexity index is 528. The summed E-state index contributed by atoms with van der Waals surface area (Å²) < 4.78 is 11.3. The van der Waals surface area contributed by atoms with E-state index in [2.05, 4.69) is 10.6 Å². The molecule has 0 spiro atoms. The summed E-state index contributed by atoms with van der Waals surface area (Å²) in [7, 11) is 0. The Morgan fingerprint density at radius 2 is 1.36 bits per heavy atom. The quantitative estimate of drug-likeness (QED) is 0.382. The van der Waals surface area contributed by atoms with Crippen molar-refractivity contribution >= 4 is 11.9 Å². The van der Waals surface area contributed by atoms with Crippen LogP contribution in [0, 0.1) is 5.92 Å². The summed E-state index contributed by atoms with van der Waals surface area (Å²) in [6.07, 6.45) is 0.334. The first-order valence-corrected chi connectivity index (χ1v) is 9.93. The van der Waals surface area contributed by atoms with E-state index in [9.17, 15) is 14.7 Å². The second-order valence-electron chi connectivity index (χ2n) is 10.6. The summed E-state index contributed by atoms with van der Waals surface area (Å²) >= 11 is 0. The number of carbonyl (C=O) groups is 2. The van der Waals surface area contributed by atoms with E-state index in [1.807, 2.05) is 48.5 Å². The van der Waals surface area contributed by atoms with Crippen LogP contribution >= 0.6 is 0 Å². The molecular weight excluding hydrogens is 360 g/mol. The van der Waals surface area contributed by atoms with Crippen molar-refractivity contribution < 1.29 is 24.2 Å². The van der Waals surface area contributed by atoms with Crippen molar-refractivity contribution in [1.29, 1.82) is 0 Å². The fourth-order valence-corrected chi connectivity index (χ4v) is 3.03. The van der Waals surface area contributed by atoms with Gasteiger partial charge in [-0.3, -0.25) is 20.2 Å². The minimum absolute atomic E-state index is 0.0706. The summed E-state index contributed by atoms with van der Waals surface area (Å²) in [6, 6.07) is -0.430. The molecule has 0 aromatic heterocycles. The normalized spacial score (nSPS) is 14.8. The minimum atomic E-state index is -1.16. The number of ether oxygens (including phenoxy) is 2. The molecule has 7 nitrogen and oxygen atoms in total. The fraction of sp³-hybridized carbons (Fsp3) is 0.905. The van der Waals surface area contributed by atoms with E-state index in [0.29, 0.717) is 6.42 Å². The molecule has 3 N–H and O–H groups in total. The predicted octanol–water partition coefficient (Wildman–Crippen LogP) is 2.75. The Hall–Kier alpha value is -1.18. The Labute approximate surface area is 170 Å². The number of esters is 2.